The minimum atomic E-state index is -0.189. The van der Waals surface area contributed by atoms with Crippen molar-refractivity contribution in [1.29, 1.82) is 0 Å². The van der Waals surface area contributed by atoms with Crippen molar-refractivity contribution in [2.24, 2.45) is 0 Å². The molecule has 1 N–H and O–H groups in total. The zero-order valence-electron chi connectivity index (χ0n) is 9.70. The van der Waals surface area contributed by atoms with Gasteiger partial charge in [0.25, 0.3) is 0 Å². The highest BCUT2D eigenvalue weighted by Crippen LogP contribution is 2.15. The summed E-state index contributed by atoms with van der Waals surface area (Å²) in [6.07, 6.45) is 0.978. The van der Waals surface area contributed by atoms with Crippen LogP contribution >= 0.6 is 11.6 Å². The van der Waals surface area contributed by atoms with Crippen LogP contribution in [-0.4, -0.2) is 36.7 Å². The van der Waals surface area contributed by atoms with Crippen LogP contribution in [0.1, 0.15) is 12.8 Å². The largest absolute Gasteiger partial charge is 0.481 e. The fourth-order valence-corrected chi connectivity index (χ4v) is 1.30. The van der Waals surface area contributed by atoms with Crippen molar-refractivity contribution in [2.45, 2.75) is 12.8 Å². The van der Waals surface area contributed by atoms with Crippen molar-refractivity contribution in [3.8, 4) is 5.88 Å². The third-order valence-electron chi connectivity index (χ3n) is 1.88. The average Bonchev–Trinajstić information content (AvgIpc) is 2.28. The molecule has 0 saturated carbocycles. The van der Waals surface area contributed by atoms with Crippen LogP contribution in [0.25, 0.3) is 0 Å². The van der Waals surface area contributed by atoms with Crippen molar-refractivity contribution in [1.82, 2.24) is 9.97 Å². The van der Waals surface area contributed by atoms with E-state index in [2.05, 4.69) is 15.3 Å². The van der Waals surface area contributed by atoms with Gasteiger partial charge in [0.05, 0.1) is 7.11 Å². The number of hydrogen-bond donors (Lipinski definition) is 1. The fraction of sp³-hybridized carbons (Fsp3) is 0.500. The van der Waals surface area contributed by atoms with Crippen LogP contribution in [0.4, 0.5) is 5.95 Å². The molecule has 0 aromatic carbocycles. The van der Waals surface area contributed by atoms with Gasteiger partial charge in [-0.05, 0) is 6.42 Å². The molecule has 7 heteroatoms. The van der Waals surface area contributed by atoms with Gasteiger partial charge in [-0.2, -0.15) is 4.98 Å². The lowest BCUT2D eigenvalue weighted by Crippen LogP contribution is -2.14. The van der Waals surface area contributed by atoms with Crippen molar-refractivity contribution in [3.63, 3.8) is 0 Å². The first kappa shape index (κ1) is 13.7. The number of methoxy groups -OCH3 is 2. The SMILES string of the molecule is COCCCC(=O)Nc1nc(Cl)cc(OC)n1. The molecule has 1 aromatic rings. The number of anilines is 1. The summed E-state index contributed by atoms with van der Waals surface area (Å²) in [7, 11) is 3.05. The summed E-state index contributed by atoms with van der Waals surface area (Å²) in [4.78, 5) is 19.3. The normalized spacial score (nSPS) is 10.1. The van der Waals surface area contributed by atoms with E-state index in [1.54, 1.807) is 7.11 Å². The molecule has 0 aliphatic rings. The Morgan fingerprint density at radius 3 is 2.88 bits per heavy atom. The van der Waals surface area contributed by atoms with Crippen LogP contribution < -0.4 is 10.1 Å². The first-order valence-corrected chi connectivity index (χ1v) is 5.41. The molecule has 0 saturated heterocycles. The molecule has 1 aromatic heterocycles. The Morgan fingerprint density at radius 1 is 1.47 bits per heavy atom. The highest BCUT2D eigenvalue weighted by atomic mass is 35.5. The number of aromatic nitrogens is 2. The van der Waals surface area contributed by atoms with E-state index in [9.17, 15) is 4.79 Å². The number of halogens is 1. The lowest BCUT2D eigenvalue weighted by Gasteiger charge is -2.05. The van der Waals surface area contributed by atoms with Gasteiger partial charge in [0, 0.05) is 26.2 Å². The van der Waals surface area contributed by atoms with Gasteiger partial charge in [-0.1, -0.05) is 11.6 Å². The maximum absolute atomic E-state index is 11.5. The summed E-state index contributed by atoms with van der Waals surface area (Å²) in [6, 6.07) is 1.46. The van der Waals surface area contributed by atoms with Crippen molar-refractivity contribution in [3.05, 3.63) is 11.2 Å². The van der Waals surface area contributed by atoms with Gasteiger partial charge in [0.15, 0.2) is 0 Å². The summed E-state index contributed by atoms with van der Waals surface area (Å²) < 4.78 is 9.75. The lowest BCUT2D eigenvalue weighted by atomic mass is 10.3. The van der Waals surface area contributed by atoms with Crippen LogP contribution in [0.15, 0.2) is 6.07 Å². The van der Waals surface area contributed by atoms with Crippen LogP contribution in [0.2, 0.25) is 5.15 Å². The Balaban J connectivity index is 2.55. The van der Waals surface area contributed by atoms with E-state index in [4.69, 9.17) is 21.1 Å². The predicted molar refractivity (Wildman–Crippen MR) is 63.3 cm³/mol. The Kier molecular flexibility index (Phi) is 5.65. The van der Waals surface area contributed by atoms with Gasteiger partial charge >= 0.3 is 0 Å². The van der Waals surface area contributed by atoms with E-state index < -0.39 is 0 Å². The summed E-state index contributed by atoms with van der Waals surface area (Å²) in [5, 5.41) is 2.75. The second-order valence-electron chi connectivity index (χ2n) is 3.20. The van der Waals surface area contributed by atoms with Crippen LogP contribution in [0.5, 0.6) is 5.88 Å². The molecule has 0 fully saturated rings. The molecule has 0 atom stereocenters. The highest BCUT2D eigenvalue weighted by molar-refractivity contribution is 6.29. The second kappa shape index (κ2) is 7.03. The first-order valence-electron chi connectivity index (χ1n) is 5.03. The molecule has 6 nitrogen and oxygen atoms in total. The van der Waals surface area contributed by atoms with Gasteiger partial charge in [0.1, 0.15) is 5.15 Å². The van der Waals surface area contributed by atoms with Crippen molar-refractivity contribution >= 4 is 23.5 Å². The van der Waals surface area contributed by atoms with Crippen LogP contribution in [0.3, 0.4) is 0 Å². The third-order valence-corrected chi connectivity index (χ3v) is 2.08. The molecule has 0 unspecified atom stereocenters. The summed E-state index contributed by atoms with van der Waals surface area (Å²) >= 11 is 5.74. The quantitative estimate of drug-likeness (QED) is 0.619. The van der Waals surface area contributed by atoms with Gasteiger partial charge in [-0.25, -0.2) is 4.98 Å². The number of ether oxygens (including phenoxy) is 2. The molecule has 0 aliphatic heterocycles. The van der Waals surface area contributed by atoms with E-state index >= 15 is 0 Å². The van der Waals surface area contributed by atoms with E-state index in [1.165, 1.54) is 13.2 Å². The molecular formula is C10H14ClN3O3. The maximum Gasteiger partial charge on any atom is 0.234 e. The van der Waals surface area contributed by atoms with Gasteiger partial charge in [-0.3, -0.25) is 10.1 Å². The molecule has 1 amide bonds. The average molecular weight is 260 g/mol. The zero-order chi connectivity index (χ0) is 12.7. The standard InChI is InChI=1S/C10H14ClN3O3/c1-16-5-3-4-8(15)13-10-12-7(11)6-9(14-10)17-2/h6H,3-5H2,1-2H3,(H,12,13,14,15). The number of nitrogens with one attached hydrogen (secondary N) is 1. The van der Waals surface area contributed by atoms with Crippen molar-refractivity contribution in [2.75, 3.05) is 26.1 Å². The molecule has 0 radical (unpaired) electrons. The van der Waals surface area contributed by atoms with E-state index in [0.29, 0.717) is 25.3 Å². The highest BCUT2D eigenvalue weighted by Gasteiger charge is 2.07. The van der Waals surface area contributed by atoms with Gasteiger partial charge in [0.2, 0.25) is 17.7 Å². The Morgan fingerprint density at radius 2 is 2.24 bits per heavy atom. The smallest absolute Gasteiger partial charge is 0.234 e. The molecule has 1 rings (SSSR count). The van der Waals surface area contributed by atoms with Gasteiger partial charge in [-0.15, -0.1) is 0 Å². The fourth-order valence-electron chi connectivity index (χ4n) is 1.12. The molecule has 0 aliphatic carbocycles. The van der Waals surface area contributed by atoms with E-state index in [-0.39, 0.29) is 17.0 Å². The number of carbonyl (C=O) groups is 1. The molecule has 94 valence electrons. The summed E-state index contributed by atoms with van der Waals surface area (Å²) in [5.41, 5.74) is 0. The van der Waals surface area contributed by atoms with E-state index in [1.807, 2.05) is 0 Å². The first-order chi connectivity index (χ1) is 8.15. The zero-order valence-corrected chi connectivity index (χ0v) is 10.5. The number of hydrogen-bond acceptors (Lipinski definition) is 5. The maximum atomic E-state index is 11.5. The van der Waals surface area contributed by atoms with Gasteiger partial charge < -0.3 is 9.47 Å². The lowest BCUT2D eigenvalue weighted by molar-refractivity contribution is -0.116. The second-order valence-corrected chi connectivity index (χ2v) is 3.59. The van der Waals surface area contributed by atoms with E-state index in [0.717, 1.165) is 0 Å². The topological polar surface area (TPSA) is 73.3 Å². The predicted octanol–water partition coefficient (Wildman–Crippen LogP) is 1.50. The molecule has 1 heterocycles. The van der Waals surface area contributed by atoms with Crippen LogP contribution in [-0.2, 0) is 9.53 Å². The number of amides is 1. The minimum absolute atomic E-state index is 0.136. The summed E-state index contributed by atoms with van der Waals surface area (Å²) in [5.74, 6) is 0.250. The molecular weight excluding hydrogens is 246 g/mol. The molecule has 0 spiro atoms. The molecule has 0 bridgehead atoms. The minimum Gasteiger partial charge on any atom is -0.481 e. The van der Waals surface area contributed by atoms with Crippen molar-refractivity contribution < 1.29 is 14.3 Å². The Bertz CT molecular complexity index is 387. The number of carbonyl (C=O) groups excluding carboxylic acids is 1. The monoisotopic (exact) mass is 259 g/mol. The third kappa shape index (κ3) is 4.97. The Labute approximate surface area is 104 Å². The summed E-state index contributed by atoms with van der Waals surface area (Å²) in [6.45, 7) is 0.535. The number of nitrogens with zero attached hydrogens (tertiary/aromatic N) is 2. The number of rotatable bonds is 6. The molecule has 17 heavy (non-hydrogen) atoms. The van der Waals surface area contributed by atoms with Crippen LogP contribution in [0, 0.1) is 0 Å². The Hall–Kier alpha value is -1.40.